The standard InChI is InChI=1S/C23H22N2O4/c1-17(18-12-14-21(15-13-18)29-20-9-4-3-5-10-20)25-28-16-19-8-6-7-11-22(19)24-23(26)27-2/h3-15H,16H2,1-2H3,(H,24,26)/b25-17+. The molecule has 3 aromatic carbocycles. The summed E-state index contributed by atoms with van der Waals surface area (Å²) in [6, 6.07) is 24.5. The van der Waals surface area contributed by atoms with Gasteiger partial charge in [0.2, 0.25) is 0 Å². The van der Waals surface area contributed by atoms with Gasteiger partial charge in [0.1, 0.15) is 18.1 Å². The number of rotatable bonds is 7. The van der Waals surface area contributed by atoms with E-state index in [1.165, 1.54) is 7.11 Å². The molecule has 0 heterocycles. The summed E-state index contributed by atoms with van der Waals surface area (Å²) in [4.78, 5) is 16.9. The number of carbonyl (C=O) groups excluding carboxylic acids is 1. The van der Waals surface area contributed by atoms with Crippen LogP contribution >= 0.6 is 0 Å². The van der Waals surface area contributed by atoms with Crippen molar-refractivity contribution in [2.75, 3.05) is 12.4 Å². The van der Waals surface area contributed by atoms with Crippen molar-refractivity contribution in [2.45, 2.75) is 13.5 Å². The molecule has 0 fully saturated rings. The van der Waals surface area contributed by atoms with E-state index in [1.54, 1.807) is 6.07 Å². The third-order valence-electron chi connectivity index (χ3n) is 4.11. The highest BCUT2D eigenvalue weighted by Gasteiger charge is 2.07. The molecular weight excluding hydrogens is 368 g/mol. The van der Waals surface area contributed by atoms with Crippen molar-refractivity contribution in [2.24, 2.45) is 5.16 Å². The maximum Gasteiger partial charge on any atom is 0.411 e. The van der Waals surface area contributed by atoms with Crippen molar-refractivity contribution >= 4 is 17.5 Å². The average Bonchev–Trinajstić information content (AvgIpc) is 2.76. The van der Waals surface area contributed by atoms with Gasteiger partial charge in [-0.2, -0.15) is 0 Å². The molecule has 6 heteroatoms. The normalized spacial score (nSPS) is 10.9. The van der Waals surface area contributed by atoms with E-state index in [2.05, 4.69) is 15.2 Å². The topological polar surface area (TPSA) is 69.2 Å². The van der Waals surface area contributed by atoms with Crippen LogP contribution in [0, 0.1) is 0 Å². The molecule has 3 aromatic rings. The van der Waals surface area contributed by atoms with Crippen molar-refractivity contribution in [1.29, 1.82) is 0 Å². The number of carbonyl (C=O) groups is 1. The largest absolute Gasteiger partial charge is 0.457 e. The van der Waals surface area contributed by atoms with Crippen molar-refractivity contribution in [1.82, 2.24) is 0 Å². The van der Waals surface area contributed by atoms with Crippen LogP contribution in [-0.2, 0) is 16.2 Å². The van der Waals surface area contributed by atoms with Crippen LogP contribution in [0.15, 0.2) is 84.0 Å². The molecule has 1 amide bonds. The lowest BCUT2D eigenvalue weighted by Gasteiger charge is -2.10. The fourth-order valence-corrected chi connectivity index (χ4v) is 2.57. The Morgan fingerprint density at radius 2 is 1.55 bits per heavy atom. The van der Waals surface area contributed by atoms with Crippen molar-refractivity contribution < 1.29 is 19.1 Å². The van der Waals surface area contributed by atoms with E-state index in [9.17, 15) is 4.79 Å². The Morgan fingerprint density at radius 1 is 0.897 bits per heavy atom. The zero-order chi connectivity index (χ0) is 20.5. The molecule has 0 saturated carbocycles. The number of benzene rings is 3. The van der Waals surface area contributed by atoms with E-state index >= 15 is 0 Å². The Labute approximate surface area is 169 Å². The van der Waals surface area contributed by atoms with Crippen LogP contribution in [0.25, 0.3) is 0 Å². The first-order valence-electron chi connectivity index (χ1n) is 9.08. The predicted molar refractivity (Wildman–Crippen MR) is 112 cm³/mol. The van der Waals surface area contributed by atoms with Crippen molar-refractivity contribution in [3.05, 3.63) is 90.0 Å². The number of oxime groups is 1. The summed E-state index contributed by atoms with van der Waals surface area (Å²) < 4.78 is 10.4. The van der Waals surface area contributed by atoms with Crippen LogP contribution < -0.4 is 10.1 Å². The summed E-state index contributed by atoms with van der Waals surface area (Å²) in [7, 11) is 1.32. The van der Waals surface area contributed by atoms with Gasteiger partial charge in [-0.15, -0.1) is 0 Å². The number of nitrogens with one attached hydrogen (secondary N) is 1. The number of methoxy groups -OCH3 is 1. The van der Waals surface area contributed by atoms with E-state index in [0.717, 1.165) is 28.3 Å². The summed E-state index contributed by atoms with van der Waals surface area (Å²) in [6.07, 6.45) is -0.532. The van der Waals surface area contributed by atoms with E-state index in [1.807, 2.05) is 79.7 Å². The number of ether oxygens (including phenoxy) is 2. The molecule has 0 bridgehead atoms. The molecule has 0 saturated heterocycles. The number of hydrogen-bond acceptors (Lipinski definition) is 5. The maximum atomic E-state index is 11.4. The summed E-state index contributed by atoms with van der Waals surface area (Å²) in [5.41, 5.74) is 3.07. The second kappa shape index (κ2) is 9.94. The SMILES string of the molecule is COC(=O)Nc1ccccc1CO/N=C(\C)c1ccc(Oc2ccccc2)cc1. The van der Waals surface area contributed by atoms with Gasteiger partial charge < -0.3 is 14.3 Å². The molecule has 0 radical (unpaired) electrons. The van der Waals surface area contributed by atoms with Crippen LogP contribution in [0.3, 0.4) is 0 Å². The third-order valence-corrected chi connectivity index (χ3v) is 4.11. The second-order valence-corrected chi connectivity index (χ2v) is 6.16. The number of amides is 1. The quantitative estimate of drug-likeness (QED) is 0.421. The lowest BCUT2D eigenvalue weighted by atomic mass is 10.1. The number of hydrogen-bond donors (Lipinski definition) is 1. The highest BCUT2D eigenvalue weighted by atomic mass is 16.6. The van der Waals surface area contributed by atoms with E-state index in [0.29, 0.717) is 5.69 Å². The van der Waals surface area contributed by atoms with Gasteiger partial charge in [0.25, 0.3) is 0 Å². The smallest absolute Gasteiger partial charge is 0.411 e. The first-order valence-corrected chi connectivity index (χ1v) is 9.08. The molecule has 0 aliphatic carbocycles. The summed E-state index contributed by atoms with van der Waals surface area (Å²) in [6.45, 7) is 2.08. The van der Waals surface area contributed by atoms with E-state index < -0.39 is 6.09 Å². The third kappa shape index (κ3) is 5.84. The predicted octanol–water partition coefficient (Wildman–Crippen LogP) is 5.60. The van der Waals surface area contributed by atoms with Gasteiger partial charge in [0, 0.05) is 5.56 Å². The van der Waals surface area contributed by atoms with Crippen LogP contribution in [0.5, 0.6) is 11.5 Å². The molecule has 0 aliphatic rings. The Kier molecular flexibility index (Phi) is 6.84. The van der Waals surface area contributed by atoms with Crippen LogP contribution in [-0.4, -0.2) is 18.9 Å². The number of para-hydroxylation sites is 2. The van der Waals surface area contributed by atoms with Gasteiger partial charge >= 0.3 is 6.09 Å². The summed E-state index contributed by atoms with van der Waals surface area (Å²) >= 11 is 0. The van der Waals surface area contributed by atoms with Crippen LogP contribution in [0.2, 0.25) is 0 Å². The molecular formula is C23H22N2O4. The molecule has 29 heavy (non-hydrogen) atoms. The van der Waals surface area contributed by atoms with Gasteiger partial charge in [-0.25, -0.2) is 4.79 Å². The Morgan fingerprint density at radius 3 is 2.28 bits per heavy atom. The van der Waals surface area contributed by atoms with Gasteiger partial charge in [0.15, 0.2) is 0 Å². The monoisotopic (exact) mass is 390 g/mol. The average molecular weight is 390 g/mol. The molecule has 0 aliphatic heterocycles. The zero-order valence-electron chi connectivity index (χ0n) is 16.3. The van der Waals surface area contributed by atoms with Gasteiger partial charge in [-0.3, -0.25) is 5.32 Å². The van der Waals surface area contributed by atoms with Crippen LogP contribution in [0.1, 0.15) is 18.1 Å². The minimum absolute atomic E-state index is 0.215. The fraction of sp³-hybridized carbons (Fsp3) is 0.130. The lowest BCUT2D eigenvalue weighted by molar-refractivity contribution is 0.131. The number of nitrogens with zero attached hydrogens (tertiary/aromatic N) is 1. The highest BCUT2D eigenvalue weighted by Crippen LogP contribution is 2.21. The molecule has 3 rings (SSSR count). The minimum Gasteiger partial charge on any atom is -0.457 e. The second-order valence-electron chi connectivity index (χ2n) is 6.16. The lowest BCUT2D eigenvalue weighted by Crippen LogP contribution is -2.12. The van der Waals surface area contributed by atoms with Gasteiger partial charge in [-0.1, -0.05) is 41.6 Å². The fourth-order valence-electron chi connectivity index (χ4n) is 2.57. The number of anilines is 1. The highest BCUT2D eigenvalue weighted by molar-refractivity contribution is 5.98. The van der Waals surface area contributed by atoms with E-state index in [-0.39, 0.29) is 6.61 Å². The minimum atomic E-state index is -0.532. The molecule has 0 spiro atoms. The Hall–Kier alpha value is -3.80. The first-order chi connectivity index (χ1) is 14.2. The Balaban J connectivity index is 1.60. The van der Waals surface area contributed by atoms with Crippen molar-refractivity contribution in [3.8, 4) is 11.5 Å². The molecule has 0 unspecified atom stereocenters. The molecule has 0 aromatic heterocycles. The molecule has 6 nitrogen and oxygen atoms in total. The van der Waals surface area contributed by atoms with Crippen molar-refractivity contribution in [3.63, 3.8) is 0 Å². The van der Waals surface area contributed by atoms with Gasteiger partial charge in [0.05, 0.1) is 18.5 Å². The molecule has 1 N–H and O–H groups in total. The Bertz CT molecular complexity index is 970. The molecule has 0 atom stereocenters. The van der Waals surface area contributed by atoms with Gasteiger partial charge in [-0.05, 0) is 55.0 Å². The summed E-state index contributed by atoms with van der Waals surface area (Å²) in [5, 5.41) is 6.83. The first kappa shape index (κ1) is 19.9. The zero-order valence-corrected chi connectivity index (χ0v) is 16.3. The molecule has 148 valence electrons. The maximum absolute atomic E-state index is 11.4. The van der Waals surface area contributed by atoms with Crippen LogP contribution in [0.4, 0.5) is 10.5 Å². The summed E-state index contributed by atoms with van der Waals surface area (Å²) in [5.74, 6) is 1.53. The van der Waals surface area contributed by atoms with E-state index in [4.69, 9.17) is 9.57 Å².